The van der Waals surface area contributed by atoms with Crippen molar-refractivity contribution in [1.29, 1.82) is 0 Å². The standard InChI is InChI=1S/C27H29N5O7S/c1-32(24(34)21-12-13-23(40-21)31-26(37)29-14-18-8-4-2-5-9-18)16-22(33)28-15-20(25(35)36)30-27(38)39-17-19-10-6-3-7-11-19/h2-13,20H,14-17H2,1H3,(H,28,33)(H,30,38)(H,35,36)(H2,29,31,37)/t20-/m0/s1. The number of carboxylic acids is 1. The number of anilines is 1. The molecule has 5 amide bonds. The SMILES string of the molecule is CN(CC(=O)NC[C@H](NC(=O)OCc1ccccc1)C(=O)O)C(=O)c1ccc(NC(=O)NCc2ccccc2)s1. The third kappa shape index (κ3) is 9.76. The van der Waals surface area contributed by atoms with Crippen molar-refractivity contribution in [3.63, 3.8) is 0 Å². The number of carbonyl (C=O) groups is 5. The number of likely N-dealkylation sites (N-methyl/N-ethyl adjacent to an activating group) is 1. The molecule has 12 nitrogen and oxygen atoms in total. The van der Waals surface area contributed by atoms with Gasteiger partial charge in [-0.05, 0) is 23.3 Å². The molecule has 1 atom stereocenters. The maximum Gasteiger partial charge on any atom is 0.408 e. The zero-order chi connectivity index (χ0) is 28.9. The second-order valence-electron chi connectivity index (χ2n) is 8.52. The van der Waals surface area contributed by atoms with Crippen molar-refractivity contribution in [1.82, 2.24) is 20.9 Å². The van der Waals surface area contributed by atoms with Crippen molar-refractivity contribution in [3.8, 4) is 0 Å². The molecule has 210 valence electrons. The van der Waals surface area contributed by atoms with Crippen LogP contribution in [0.4, 0.5) is 14.6 Å². The fraction of sp³-hybridized carbons (Fsp3) is 0.222. The third-order valence-electron chi connectivity index (χ3n) is 5.38. The van der Waals surface area contributed by atoms with Crippen LogP contribution in [0, 0.1) is 0 Å². The second-order valence-corrected chi connectivity index (χ2v) is 9.60. The zero-order valence-corrected chi connectivity index (χ0v) is 22.4. The fourth-order valence-corrected chi connectivity index (χ4v) is 4.20. The molecule has 0 saturated heterocycles. The van der Waals surface area contributed by atoms with E-state index in [1.54, 1.807) is 30.3 Å². The van der Waals surface area contributed by atoms with E-state index in [1.165, 1.54) is 13.1 Å². The van der Waals surface area contributed by atoms with E-state index in [-0.39, 0.29) is 13.2 Å². The molecule has 3 aromatic rings. The van der Waals surface area contributed by atoms with Crippen LogP contribution >= 0.6 is 11.3 Å². The van der Waals surface area contributed by atoms with Gasteiger partial charge in [-0.1, -0.05) is 60.7 Å². The first-order valence-corrected chi connectivity index (χ1v) is 12.9. The summed E-state index contributed by atoms with van der Waals surface area (Å²) >= 11 is 1.04. The van der Waals surface area contributed by atoms with Gasteiger partial charge in [0.1, 0.15) is 12.6 Å². The molecule has 0 aliphatic carbocycles. The predicted octanol–water partition coefficient (Wildman–Crippen LogP) is 2.64. The summed E-state index contributed by atoms with van der Waals surface area (Å²) in [5.41, 5.74) is 1.67. The van der Waals surface area contributed by atoms with Crippen molar-refractivity contribution in [2.45, 2.75) is 19.2 Å². The average molecular weight is 568 g/mol. The lowest BCUT2D eigenvalue weighted by Crippen LogP contribution is -2.50. The van der Waals surface area contributed by atoms with Gasteiger partial charge in [0.2, 0.25) is 5.91 Å². The Morgan fingerprint density at radius 1 is 0.900 bits per heavy atom. The van der Waals surface area contributed by atoms with Gasteiger partial charge < -0.3 is 30.7 Å². The van der Waals surface area contributed by atoms with Gasteiger partial charge >= 0.3 is 18.1 Å². The van der Waals surface area contributed by atoms with E-state index < -0.39 is 42.5 Å². The van der Waals surface area contributed by atoms with Gasteiger partial charge in [0, 0.05) is 20.1 Å². The van der Waals surface area contributed by atoms with Gasteiger partial charge in [-0.15, -0.1) is 11.3 Å². The van der Waals surface area contributed by atoms with Crippen LogP contribution in [0.3, 0.4) is 0 Å². The van der Waals surface area contributed by atoms with Crippen LogP contribution < -0.4 is 21.3 Å². The summed E-state index contributed by atoms with van der Waals surface area (Å²) in [5, 5.41) is 19.8. The number of nitrogens with zero attached hydrogens (tertiary/aromatic N) is 1. The Morgan fingerprint density at radius 3 is 2.20 bits per heavy atom. The molecule has 2 aromatic carbocycles. The number of carboxylic acid groups (broad SMARTS) is 1. The number of rotatable bonds is 12. The van der Waals surface area contributed by atoms with Crippen LogP contribution in [0.1, 0.15) is 20.8 Å². The fourth-order valence-electron chi connectivity index (χ4n) is 3.31. The monoisotopic (exact) mass is 567 g/mol. The van der Waals surface area contributed by atoms with Gasteiger partial charge in [0.05, 0.1) is 16.4 Å². The highest BCUT2D eigenvalue weighted by Gasteiger charge is 2.23. The molecule has 1 heterocycles. The van der Waals surface area contributed by atoms with E-state index in [2.05, 4.69) is 21.3 Å². The minimum atomic E-state index is -1.44. The summed E-state index contributed by atoms with van der Waals surface area (Å²) < 4.78 is 5.01. The molecule has 0 aliphatic rings. The van der Waals surface area contributed by atoms with Crippen molar-refractivity contribution < 1.29 is 33.8 Å². The molecule has 5 N–H and O–H groups in total. The van der Waals surface area contributed by atoms with Crippen molar-refractivity contribution >= 4 is 46.2 Å². The van der Waals surface area contributed by atoms with Crippen molar-refractivity contribution in [2.75, 3.05) is 25.5 Å². The Kier molecular flexibility index (Phi) is 11.0. The van der Waals surface area contributed by atoms with Crippen molar-refractivity contribution in [3.05, 3.63) is 88.8 Å². The molecule has 0 bridgehead atoms. The summed E-state index contributed by atoms with van der Waals surface area (Å²) in [6.45, 7) is -0.477. The number of nitrogens with one attached hydrogen (secondary N) is 4. The molecule has 0 fully saturated rings. The van der Waals surface area contributed by atoms with Crippen LogP contribution in [-0.2, 0) is 27.5 Å². The lowest BCUT2D eigenvalue weighted by Gasteiger charge is -2.18. The number of alkyl carbamates (subject to hydrolysis) is 1. The lowest BCUT2D eigenvalue weighted by atomic mass is 10.2. The Morgan fingerprint density at radius 2 is 1.55 bits per heavy atom. The highest BCUT2D eigenvalue weighted by molar-refractivity contribution is 7.18. The number of carbonyl (C=O) groups excluding carboxylic acids is 4. The first-order valence-electron chi connectivity index (χ1n) is 12.1. The molecule has 13 heteroatoms. The van der Waals surface area contributed by atoms with E-state index in [9.17, 15) is 29.1 Å². The Balaban J connectivity index is 1.41. The molecule has 0 saturated carbocycles. The first kappa shape index (κ1) is 29.6. The molecule has 1 aromatic heterocycles. The smallest absolute Gasteiger partial charge is 0.408 e. The van der Waals surface area contributed by atoms with E-state index in [4.69, 9.17) is 4.74 Å². The largest absolute Gasteiger partial charge is 0.480 e. The third-order valence-corrected chi connectivity index (χ3v) is 6.37. The van der Waals surface area contributed by atoms with E-state index >= 15 is 0 Å². The number of hydrogen-bond donors (Lipinski definition) is 5. The van der Waals surface area contributed by atoms with Crippen molar-refractivity contribution in [2.24, 2.45) is 0 Å². The summed E-state index contributed by atoms with van der Waals surface area (Å²) in [5.74, 6) is -2.46. The summed E-state index contributed by atoms with van der Waals surface area (Å²) in [4.78, 5) is 62.2. The van der Waals surface area contributed by atoms with E-state index in [0.717, 1.165) is 27.4 Å². The second kappa shape index (κ2) is 14.9. The number of urea groups is 1. The number of benzene rings is 2. The molecular formula is C27H29N5O7S. The molecular weight excluding hydrogens is 538 g/mol. The maximum atomic E-state index is 12.7. The number of thiophene rings is 1. The number of hydrogen-bond acceptors (Lipinski definition) is 7. The number of amides is 5. The normalized spacial score (nSPS) is 11.0. The van der Waals surface area contributed by atoms with Gasteiger partial charge in [-0.3, -0.25) is 14.9 Å². The molecule has 0 radical (unpaired) electrons. The molecule has 40 heavy (non-hydrogen) atoms. The molecule has 0 unspecified atom stereocenters. The maximum absolute atomic E-state index is 12.7. The van der Waals surface area contributed by atoms with Gasteiger partial charge in [0.15, 0.2) is 0 Å². The highest BCUT2D eigenvalue weighted by Crippen LogP contribution is 2.23. The minimum Gasteiger partial charge on any atom is -0.480 e. The number of ether oxygens (including phenoxy) is 1. The molecule has 3 rings (SSSR count). The average Bonchev–Trinajstić information content (AvgIpc) is 3.41. The minimum absolute atomic E-state index is 0.0450. The number of aliphatic carboxylic acids is 1. The van der Waals surface area contributed by atoms with Crippen LogP contribution in [0.15, 0.2) is 72.8 Å². The first-order chi connectivity index (χ1) is 19.2. The molecule has 0 aliphatic heterocycles. The Labute approximate surface area is 234 Å². The molecule has 0 spiro atoms. The topological polar surface area (TPSA) is 166 Å². The highest BCUT2D eigenvalue weighted by atomic mass is 32.1. The predicted molar refractivity (Wildman–Crippen MR) is 148 cm³/mol. The van der Waals surface area contributed by atoms with Crippen LogP contribution in [0.2, 0.25) is 0 Å². The van der Waals surface area contributed by atoms with E-state index in [0.29, 0.717) is 16.4 Å². The lowest BCUT2D eigenvalue weighted by molar-refractivity contribution is -0.139. The van der Waals surface area contributed by atoms with E-state index in [1.807, 2.05) is 36.4 Å². The van der Waals surface area contributed by atoms with Crippen LogP contribution in [0.25, 0.3) is 0 Å². The van der Waals surface area contributed by atoms with Gasteiger partial charge in [-0.25, -0.2) is 14.4 Å². The van der Waals surface area contributed by atoms with Gasteiger partial charge in [-0.2, -0.15) is 0 Å². The van der Waals surface area contributed by atoms with Crippen LogP contribution in [0.5, 0.6) is 0 Å². The van der Waals surface area contributed by atoms with Crippen LogP contribution in [-0.4, -0.2) is 66.1 Å². The summed E-state index contributed by atoms with van der Waals surface area (Å²) in [6, 6.07) is 19.5. The zero-order valence-electron chi connectivity index (χ0n) is 21.6. The quantitative estimate of drug-likeness (QED) is 0.224. The summed E-state index contributed by atoms with van der Waals surface area (Å²) in [6.07, 6.45) is -0.950. The Bertz CT molecular complexity index is 1320. The Hall–Kier alpha value is -4.91. The van der Waals surface area contributed by atoms with Gasteiger partial charge in [0.25, 0.3) is 5.91 Å². The summed E-state index contributed by atoms with van der Waals surface area (Å²) in [7, 11) is 1.41.